The van der Waals surface area contributed by atoms with Crippen LogP contribution in [-0.2, 0) is 11.0 Å². The Morgan fingerprint density at radius 2 is 1.80 bits per heavy atom. The van der Waals surface area contributed by atoms with E-state index in [0.29, 0.717) is 18.0 Å². The lowest BCUT2D eigenvalue weighted by molar-refractivity contribution is -0.142. The largest absolute Gasteiger partial charge is 0.492 e. The van der Waals surface area contributed by atoms with Crippen LogP contribution in [0, 0.1) is 5.92 Å². The monoisotopic (exact) mass is 534 g/mol. The summed E-state index contributed by atoms with van der Waals surface area (Å²) in [4.78, 5) is 13.0. The molecule has 3 rings (SSSR count). The number of ether oxygens (including phenoxy) is 1. The van der Waals surface area contributed by atoms with Gasteiger partial charge in [0.15, 0.2) is 0 Å². The highest BCUT2D eigenvalue weighted by atomic mass is 32.2. The van der Waals surface area contributed by atoms with E-state index in [2.05, 4.69) is 0 Å². The Balaban J connectivity index is 0.000000641. The van der Waals surface area contributed by atoms with Crippen molar-refractivity contribution in [1.29, 1.82) is 0 Å². The van der Waals surface area contributed by atoms with Crippen LogP contribution in [0.15, 0.2) is 17.0 Å². The van der Waals surface area contributed by atoms with Crippen molar-refractivity contribution in [2.75, 3.05) is 31.6 Å². The number of hydrogen-bond donors (Lipinski definition) is 1. The summed E-state index contributed by atoms with van der Waals surface area (Å²) >= 11 is 1.20. The molecule has 0 aromatic heterocycles. The predicted octanol–water partition coefficient (Wildman–Crippen LogP) is 6.41. The van der Waals surface area contributed by atoms with Gasteiger partial charge >= 0.3 is 12.1 Å². The molecule has 0 spiro atoms. The third-order valence-electron chi connectivity index (χ3n) is 5.63. The molecule has 13 heteroatoms. The summed E-state index contributed by atoms with van der Waals surface area (Å²) in [5.41, 5.74) is -0.805. The Morgan fingerprint density at radius 3 is 2.26 bits per heavy atom. The molecule has 1 saturated carbocycles. The molecular formula is C22H29F7N2O3S. The maximum atomic E-state index is 13.7. The molecule has 1 aliphatic heterocycles. The third-order valence-corrected chi connectivity index (χ3v) is 6.64. The minimum atomic E-state index is -4.74. The summed E-state index contributed by atoms with van der Waals surface area (Å²) in [6.45, 7) is 4.09. The highest BCUT2D eigenvalue weighted by Crippen LogP contribution is 2.48. The Morgan fingerprint density at radius 1 is 1.23 bits per heavy atom. The van der Waals surface area contributed by atoms with E-state index in [0.717, 1.165) is 13.0 Å². The lowest BCUT2D eigenvalue weighted by Crippen LogP contribution is -2.52. The van der Waals surface area contributed by atoms with E-state index in [1.165, 1.54) is 31.9 Å². The van der Waals surface area contributed by atoms with Gasteiger partial charge < -0.3 is 14.7 Å². The summed E-state index contributed by atoms with van der Waals surface area (Å²) in [7, 11) is 1.76. The van der Waals surface area contributed by atoms with Crippen LogP contribution < -0.4 is 9.64 Å². The number of carbonyl (C=O) groups is 1. The zero-order chi connectivity index (χ0) is 26.8. The standard InChI is InChI=1S/C18H21F5N2O3S.C4H8F2/c1-10(16(26)27)9-28-14-6-15-13(5-12(14)18(21,22)23)25(4-3-24(2)29-15)11-7-17(19,20)8-11;1-3-4(2,5)6/h5-6,10-11H,3-4,7-9H2,1-2H3,(H,26,27);3H2,1-2H3. The Labute approximate surface area is 203 Å². The van der Waals surface area contributed by atoms with E-state index >= 15 is 0 Å². The van der Waals surface area contributed by atoms with Crippen LogP contribution in [0.3, 0.4) is 0 Å². The molecule has 1 aromatic carbocycles. The van der Waals surface area contributed by atoms with E-state index in [1.54, 1.807) is 11.9 Å². The molecule has 0 radical (unpaired) electrons. The van der Waals surface area contributed by atoms with Crippen LogP contribution in [0.2, 0.25) is 0 Å². The minimum absolute atomic E-state index is 0.0625. The van der Waals surface area contributed by atoms with Crippen LogP contribution in [0.5, 0.6) is 5.75 Å². The van der Waals surface area contributed by atoms with Crippen LogP contribution in [0.25, 0.3) is 0 Å². The van der Waals surface area contributed by atoms with Crippen molar-refractivity contribution in [3.05, 3.63) is 17.7 Å². The van der Waals surface area contributed by atoms with E-state index in [1.807, 2.05) is 4.31 Å². The molecule has 1 atom stereocenters. The van der Waals surface area contributed by atoms with Gasteiger partial charge in [0.1, 0.15) is 12.4 Å². The van der Waals surface area contributed by atoms with Crippen molar-refractivity contribution in [1.82, 2.24) is 4.31 Å². The number of alkyl halides is 7. The van der Waals surface area contributed by atoms with Gasteiger partial charge in [-0.3, -0.25) is 4.79 Å². The number of anilines is 1. The van der Waals surface area contributed by atoms with E-state index in [9.17, 15) is 35.5 Å². The first-order chi connectivity index (χ1) is 15.9. The highest BCUT2D eigenvalue weighted by Gasteiger charge is 2.49. The number of benzene rings is 1. The minimum Gasteiger partial charge on any atom is -0.492 e. The SMILES string of the molecule is CC(COc1cc2c(cc1C(F)(F)F)N(C1CC(F)(F)C1)CCN(C)S2)C(=O)O.CCC(C)(F)F. The number of carboxylic acid groups (broad SMARTS) is 1. The lowest BCUT2D eigenvalue weighted by Gasteiger charge is -2.44. The van der Waals surface area contributed by atoms with Crippen LogP contribution in [0.1, 0.15) is 45.6 Å². The summed E-state index contributed by atoms with van der Waals surface area (Å²) in [6.07, 6.45) is -5.59. The number of likely N-dealkylation sites (N-methyl/N-ethyl adjacent to an activating group) is 1. The fraction of sp³-hybridized carbons (Fsp3) is 0.682. The van der Waals surface area contributed by atoms with E-state index in [4.69, 9.17) is 9.84 Å². The second-order valence-electron chi connectivity index (χ2n) is 8.84. The van der Waals surface area contributed by atoms with Gasteiger partial charge in [-0.2, -0.15) is 13.2 Å². The predicted molar refractivity (Wildman–Crippen MR) is 118 cm³/mol. The maximum absolute atomic E-state index is 13.7. The average molecular weight is 535 g/mol. The summed E-state index contributed by atoms with van der Waals surface area (Å²) < 4.78 is 97.7. The second kappa shape index (κ2) is 11.0. The number of hydrogen-bond acceptors (Lipinski definition) is 5. The van der Waals surface area contributed by atoms with Crippen molar-refractivity contribution >= 4 is 23.6 Å². The molecule has 1 fully saturated rings. The molecule has 1 aromatic rings. The van der Waals surface area contributed by atoms with Gasteiger partial charge in [-0.05, 0) is 45.0 Å². The number of carboxylic acids is 1. The second-order valence-corrected chi connectivity index (χ2v) is 10.1. The molecule has 1 N–H and O–H groups in total. The molecule has 1 unspecified atom stereocenters. The number of nitrogens with zero attached hydrogens (tertiary/aromatic N) is 2. The first kappa shape index (κ1) is 29.3. The summed E-state index contributed by atoms with van der Waals surface area (Å²) in [5, 5.41) is 8.94. The molecule has 2 aliphatic rings. The normalized spacial score (nSPS) is 19.6. The van der Waals surface area contributed by atoms with Gasteiger partial charge in [0.05, 0.1) is 22.1 Å². The van der Waals surface area contributed by atoms with Crippen molar-refractivity contribution in [2.45, 2.75) is 69.0 Å². The van der Waals surface area contributed by atoms with Crippen molar-refractivity contribution in [3.8, 4) is 5.75 Å². The van der Waals surface area contributed by atoms with E-state index < -0.39 is 66.7 Å². The van der Waals surface area contributed by atoms with Gasteiger partial charge in [0.25, 0.3) is 5.92 Å². The van der Waals surface area contributed by atoms with Crippen LogP contribution in [-0.4, -0.2) is 60.0 Å². The van der Waals surface area contributed by atoms with Crippen molar-refractivity contribution in [3.63, 3.8) is 0 Å². The topological polar surface area (TPSA) is 53.0 Å². The quantitative estimate of drug-likeness (QED) is 0.336. The van der Waals surface area contributed by atoms with Gasteiger partial charge in [-0.25, -0.2) is 21.9 Å². The van der Waals surface area contributed by atoms with Crippen LogP contribution in [0.4, 0.5) is 36.4 Å². The zero-order valence-electron chi connectivity index (χ0n) is 19.8. The molecule has 1 aliphatic carbocycles. The Kier molecular flexibility index (Phi) is 9.24. The summed E-state index contributed by atoms with van der Waals surface area (Å²) in [5.74, 6) is -7.89. The first-order valence-corrected chi connectivity index (χ1v) is 11.7. The van der Waals surface area contributed by atoms with Gasteiger partial charge in [0, 0.05) is 38.4 Å². The fourth-order valence-corrected chi connectivity index (χ4v) is 4.22. The molecular weight excluding hydrogens is 505 g/mol. The lowest BCUT2D eigenvalue weighted by atomic mass is 9.86. The number of fused-ring (bicyclic) bond motifs is 1. The van der Waals surface area contributed by atoms with Crippen LogP contribution >= 0.6 is 11.9 Å². The van der Waals surface area contributed by atoms with Gasteiger partial charge in [0.2, 0.25) is 5.92 Å². The molecule has 200 valence electrons. The van der Waals surface area contributed by atoms with E-state index in [-0.39, 0.29) is 12.1 Å². The third kappa shape index (κ3) is 8.33. The maximum Gasteiger partial charge on any atom is 0.420 e. The van der Waals surface area contributed by atoms with Gasteiger partial charge in [-0.15, -0.1) is 0 Å². The number of aliphatic carboxylic acids is 1. The average Bonchev–Trinajstić information content (AvgIpc) is 2.86. The highest BCUT2D eigenvalue weighted by molar-refractivity contribution is 7.97. The first-order valence-electron chi connectivity index (χ1n) is 11.0. The van der Waals surface area contributed by atoms with Crippen molar-refractivity contribution in [2.24, 2.45) is 5.92 Å². The molecule has 35 heavy (non-hydrogen) atoms. The Bertz CT molecular complexity index is 885. The Hall–Kier alpha value is -1.89. The zero-order valence-corrected chi connectivity index (χ0v) is 20.6. The molecule has 5 nitrogen and oxygen atoms in total. The van der Waals surface area contributed by atoms with Crippen molar-refractivity contribution < 1.29 is 45.4 Å². The fourth-order valence-electron chi connectivity index (χ4n) is 3.29. The number of rotatable bonds is 6. The molecule has 0 amide bonds. The summed E-state index contributed by atoms with van der Waals surface area (Å²) in [6, 6.07) is 1.62. The van der Waals surface area contributed by atoms with Gasteiger partial charge in [-0.1, -0.05) is 6.92 Å². The molecule has 0 bridgehead atoms. The number of halogens is 7. The molecule has 1 heterocycles. The smallest absolute Gasteiger partial charge is 0.420 e. The molecule has 0 saturated heterocycles.